The molecule has 0 saturated heterocycles. The number of β-amino-alcohol motifs (C(OH)–C–C–N with tert-alkyl or cyclic N) is 1. The van der Waals surface area contributed by atoms with E-state index in [-0.39, 0.29) is 24.2 Å². The molecule has 10 nitrogen and oxygen atoms in total. The van der Waals surface area contributed by atoms with Crippen molar-refractivity contribution in [1.29, 1.82) is 0 Å². The Hall–Kier alpha value is -3.49. The van der Waals surface area contributed by atoms with Gasteiger partial charge < -0.3 is 15.3 Å². The van der Waals surface area contributed by atoms with Gasteiger partial charge in [0.1, 0.15) is 11.5 Å². The Balaban J connectivity index is 1.58. The molecule has 0 saturated carbocycles. The summed E-state index contributed by atoms with van der Waals surface area (Å²) >= 11 is 0. The summed E-state index contributed by atoms with van der Waals surface area (Å²) in [6, 6.07) is 3.27. The summed E-state index contributed by atoms with van der Waals surface area (Å²) in [5.41, 5.74) is 2.11. The van der Waals surface area contributed by atoms with Crippen LogP contribution in [0.25, 0.3) is 4.85 Å². The molecule has 2 aliphatic rings. The standard InChI is InChI=1S/C22H26FN7O3/c1-13-9-18-16(12-29(13)22(33)25-15-5-6-17(23)19(10-15)24-3)20-21(32)27(4)28(11-14(2)31)7-8-30(20)26-18/h5-6,10,13-14,31H,7-9,11-12H2,1-2,4H3,(H,25,33). The number of benzene rings is 1. The van der Waals surface area contributed by atoms with E-state index in [9.17, 15) is 19.1 Å². The van der Waals surface area contributed by atoms with E-state index in [2.05, 4.69) is 15.3 Å². The molecule has 11 heteroatoms. The lowest BCUT2D eigenvalue weighted by atomic mass is 9.99. The number of halogens is 1. The molecule has 1 aromatic heterocycles. The maximum absolute atomic E-state index is 13.6. The summed E-state index contributed by atoms with van der Waals surface area (Å²) in [4.78, 5) is 31.0. The number of aliphatic hydroxyl groups is 1. The van der Waals surface area contributed by atoms with E-state index in [1.807, 2.05) is 6.92 Å². The van der Waals surface area contributed by atoms with Crippen LogP contribution in [-0.2, 0) is 19.5 Å². The third-order valence-corrected chi connectivity index (χ3v) is 6.03. The van der Waals surface area contributed by atoms with Gasteiger partial charge in [-0.3, -0.25) is 14.5 Å². The van der Waals surface area contributed by atoms with Crippen LogP contribution in [-0.4, -0.2) is 74.0 Å². The van der Waals surface area contributed by atoms with Gasteiger partial charge in [-0.05, 0) is 32.0 Å². The molecule has 2 N–H and O–H groups in total. The van der Waals surface area contributed by atoms with Gasteiger partial charge in [-0.25, -0.2) is 19.0 Å². The lowest BCUT2D eigenvalue weighted by Gasteiger charge is -2.34. The highest BCUT2D eigenvalue weighted by Crippen LogP contribution is 2.29. The summed E-state index contributed by atoms with van der Waals surface area (Å²) < 4.78 is 15.3. The lowest BCUT2D eigenvalue weighted by molar-refractivity contribution is -0.0143. The first-order valence-electron chi connectivity index (χ1n) is 10.7. The number of aliphatic hydroxyl groups excluding tert-OH is 1. The average Bonchev–Trinajstić information content (AvgIpc) is 3.07. The zero-order chi connectivity index (χ0) is 23.9. The Morgan fingerprint density at radius 1 is 1.42 bits per heavy atom. The van der Waals surface area contributed by atoms with Crippen molar-refractivity contribution in [3.8, 4) is 0 Å². The molecule has 2 unspecified atom stereocenters. The third-order valence-electron chi connectivity index (χ3n) is 6.03. The second-order valence-electron chi connectivity index (χ2n) is 8.48. The van der Waals surface area contributed by atoms with Crippen LogP contribution in [0.15, 0.2) is 18.2 Å². The maximum Gasteiger partial charge on any atom is 0.322 e. The molecule has 4 rings (SSSR count). The summed E-state index contributed by atoms with van der Waals surface area (Å²) in [5.74, 6) is -0.883. The molecular weight excluding hydrogens is 429 g/mol. The van der Waals surface area contributed by atoms with Crippen LogP contribution in [0, 0.1) is 12.4 Å². The van der Waals surface area contributed by atoms with Gasteiger partial charge in [0.05, 0.1) is 31.5 Å². The molecule has 0 bridgehead atoms. The molecule has 3 heterocycles. The molecule has 0 aliphatic carbocycles. The second kappa shape index (κ2) is 8.80. The minimum atomic E-state index is -0.645. The predicted molar refractivity (Wildman–Crippen MR) is 118 cm³/mol. The van der Waals surface area contributed by atoms with Crippen LogP contribution in [0.5, 0.6) is 0 Å². The van der Waals surface area contributed by atoms with Gasteiger partial charge in [-0.1, -0.05) is 0 Å². The Bertz CT molecular complexity index is 1140. The Labute approximate surface area is 191 Å². The lowest BCUT2D eigenvalue weighted by Crippen LogP contribution is -2.47. The predicted octanol–water partition coefficient (Wildman–Crippen LogP) is 2.24. The molecule has 1 aromatic carbocycles. The molecule has 2 aromatic rings. The van der Waals surface area contributed by atoms with Crippen LogP contribution in [0.3, 0.4) is 0 Å². The van der Waals surface area contributed by atoms with Crippen LogP contribution in [0.2, 0.25) is 0 Å². The van der Waals surface area contributed by atoms with Crippen molar-refractivity contribution >= 4 is 23.3 Å². The molecule has 174 valence electrons. The second-order valence-corrected chi connectivity index (χ2v) is 8.48. The molecule has 33 heavy (non-hydrogen) atoms. The van der Waals surface area contributed by atoms with Crippen molar-refractivity contribution < 1.29 is 19.1 Å². The summed E-state index contributed by atoms with van der Waals surface area (Å²) in [6.45, 7) is 12.2. The van der Waals surface area contributed by atoms with E-state index in [0.29, 0.717) is 43.0 Å². The molecule has 0 fully saturated rings. The number of carbonyl (C=O) groups is 2. The maximum atomic E-state index is 13.6. The first kappa shape index (κ1) is 22.7. The number of hydrogen-bond acceptors (Lipinski definition) is 5. The number of urea groups is 1. The quantitative estimate of drug-likeness (QED) is 0.692. The van der Waals surface area contributed by atoms with Crippen LogP contribution < -0.4 is 5.32 Å². The summed E-state index contributed by atoms with van der Waals surface area (Å²) in [6.07, 6.45) is -0.0946. The van der Waals surface area contributed by atoms with Crippen LogP contribution >= 0.6 is 0 Å². The average molecular weight is 455 g/mol. The van der Waals surface area contributed by atoms with Gasteiger partial charge in [0.15, 0.2) is 0 Å². The Morgan fingerprint density at radius 2 is 2.18 bits per heavy atom. The number of hydrogen-bond donors (Lipinski definition) is 2. The minimum absolute atomic E-state index is 0.167. The largest absolute Gasteiger partial charge is 0.392 e. The van der Waals surface area contributed by atoms with Gasteiger partial charge in [-0.2, -0.15) is 5.10 Å². The number of fused-ring (bicyclic) bond motifs is 3. The molecular formula is C22H26FN7O3. The first-order chi connectivity index (χ1) is 15.7. The molecule has 0 radical (unpaired) electrons. The highest BCUT2D eigenvalue weighted by Gasteiger charge is 2.37. The fraction of sp³-hybridized carbons (Fsp3) is 0.455. The van der Waals surface area contributed by atoms with E-state index in [1.54, 1.807) is 28.6 Å². The van der Waals surface area contributed by atoms with E-state index in [1.165, 1.54) is 17.1 Å². The van der Waals surface area contributed by atoms with Crippen molar-refractivity contribution in [3.05, 3.63) is 52.4 Å². The molecule has 2 aliphatic heterocycles. The van der Waals surface area contributed by atoms with Gasteiger partial charge in [0.2, 0.25) is 5.69 Å². The highest BCUT2D eigenvalue weighted by atomic mass is 19.1. The normalized spacial score (nSPS) is 19.4. The fourth-order valence-electron chi connectivity index (χ4n) is 4.30. The topological polar surface area (TPSA) is 98.3 Å². The van der Waals surface area contributed by atoms with Crippen molar-refractivity contribution in [2.24, 2.45) is 0 Å². The van der Waals surface area contributed by atoms with Crippen molar-refractivity contribution in [3.63, 3.8) is 0 Å². The van der Waals surface area contributed by atoms with Crippen LogP contribution in [0.1, 0.15) is 35.6 Å². The number of nitrogens with zero attached hydrogens (tertiary/aromatic N) is 6. The Kier molecular flexibility index (Phi) is 6.05. The number of carbonyl (C=O) groups excluding carboxylic acids is 2. The van der Waals surface area contributed by atoms with Crippen molar-refractivity contribution in [2.75, 3.05) is 25.5 Å². The SMILES string of the molecule is [C-]#[N+]c1cc(NC(=O)N2Cc3c(nn4c3C(=O)N(C)N(CC(C)O)CC4)CC2C)ccc1F. The minimum Gasteiger partial charge on any atom is -0.392 e. The number of amides is 3. The van der Waals surface area contributed by atoms with E-state index >= 15 is 0 Å². The van der Waals surface area contributed by atoms with E-state index < -0.39 is 18.0 Å². The Morgan fingerprint density at radius 3 is 2.88 bits per heavy atom. The zero-order valence-corrected chi connectivity index (χ0v) is 18.7. The van der Waals surface area contributed by atoms with Crippen molar-refractivity contribution in [2.45, 2.75) is 45.5 Å². The smallest absolute Gasteiger partial charge is 0.322 e. The summed E-state index contributed by atoms with van der Waals surface area (Å²) in [5, 5.41) is 20.4. The fourth-order valence-corrected chi connectivity index (χ4v) is 4.30. The molecule has 2 atom stereocenters. The number of aromatic nitrogens is 2. The number of hydrazine groups is 1. The van der Waals surface area contributed by atoms with Crippen LogP contribution in [0.4, 0.5) is 20.6 Å². The van der Waals surface area contributed by atoms with Gasteiger partial charge >= 0.3 is 6.03 Å². The zero-order valence-electron chi connectivity index (χ0n) is 18.7. The third kappa shape index (κ3) is 4.27. The number of rotatable bonds is 3. The molecule has 3 amide bonds. The highest BCUT2D eigenvalue weighted by molar-refractivity contribution is 5.95. The van der Waals surface area contributed by atoms with E-state index in [0.717, 1.165) is 11.8 Å². The molecule has 0 spiro atoms. The first-order valence-corrected chi connectivity index (χ1v) is 10.7. The van der Waals surface area contributed by atoms with Crippen molar-refractivity contribution in [1.82, 2.24) is 24.7 Å². The van der Waals surface area contributed by atoms with Gasteiger partial charge in [0, 0.05) is 43.9 Å². The number of nitrogens with one attached hydrogen (secondary N) is 1. The van der Waals surface area contributed by atoms with Gasteiger partial charge in [0.25, 0.3) is 5.91 Å². The monoisotopic (exact) mass is 455 g/mol. The van der Waals surface area contributed by atoms with Gasteiger partial charge in [-0.15, -0.1) is 0 Å². The summed E-state index contributed by atoms with van der Waals surface area (Å²) in [7, 11) is 1.67. The number of anilines is 1. The van der Waals surface area contributed by atoms with E-state index in [4.69, 9.17) is 6.57 Å².